The van der Waals surface area contributed by atoms with Gasteiger partial charge in [0.2, 0.25) is 0 Å². The summed E-state index contributed by atoms with van der Waals surface area (Å²) in [7, 11) is 0. The first-order valence-corrected chi connectivity index (χ1v) is 11.5. The van der Waals surface area contributed by atoms with Gasteiger partial charge in [-0.1, -0.05) is 13.8 Å². The Labute approximate surface area is 177 Å². The molecule has 0 aromatic rings. The largest absolute Gasteiger partial charge is 0.457 e. The van der Waals surface area contributed by atoms with E-state index in [0.29, 0.717) is 17.4 Å². The highest BCUT2D eigenvalue weighted by molar-refractivity contribution is 5.96. The van der Waals surface area contributed by atoms with Crippen LogP contribution in [-0.2, 0) is 9.53 Å². The first-order valence-electron chi connectivity index (χ1n) is 11.5. The summed E-state index contributed by atoms with van der Waals surface area (Å²) < 4.78 is 5.14. The van der Waals surface area contributed by atoms with Crippen molar-refractivity contribution in [3.63, 3.8) is 0 Å². The molecule has 5 rings (SSSR count). The van der Waals surface area contributed by atoms with E-state index in [1.54, 1.807) is 0 Å². The molecule has 9 atom stereocenters. The highest BCUT2D eigenvalue weighted by Gasteiger charge is 2.70. The fourth-order valence-electron chi connectivity index (χ4n) is 8.64. The number of aliphatic hydroxyl groups is 3. The lowest BCUT2D eigenvalue weighted by Crippen LogP contribution is -2.62. The molecule has 0 amide bonds. The predicted molar refractivity (Wildman–Crippen MR) is 108 cm³/mol. The van der Waals surface area contributed by atoms with E-state index in [-0.39, 0.29) is 36.0 Å². The molecule has 1 aliphatic heterocycles. The van der Waals surface area contributed by atoms with Crippen molar-refractivity contribution in [2.75, 3.05) is 6.61 Å². The lowest BCUT2D eigenvalue weighted by atomic mass is 9.43. The summed E-state index contributed by atoms with van der Waals surface area (Å²) in [5.41, 5.74) is -0.901. The Morgan fingerprint density at radius 3 is 2.60 bits per heavy atom. The van der Waals surface area contributed by atoms with Crippen LogP contribution < -0.4 is 0 Å². The van der Waals surface area contributed by atoms with Crippen LogP contribution in [0.25, 0.3) is 0 Å². The van der Waals surface area contributed by atoms with Gasteiger partial charge in [-0.15, -0.1) is 0 Å². The summed E-state index contributed by atoms with van der Waals surface area (Å²) in [5.74, 6) is -0.0778. The van der Waals surface area contributed by atoms with Crippen LogP contribution >= 0.6 is 0 Å². The van der Waals surface area contributed by atoms with Crippen LogP contribution in [0.5, 0.6) is 0 Å². The second-order valence-corrected chi connectivity index (χ2v) is 11.1. The summed E-state index contributed by atoms with van der Waals surface area (Å²) in [4.78, 5) is 12.0. The maximum absolute atomic E-state index is 12.2. The van der Waals surface area contributed by atoms with Crippen molar-refractivity contribution in [2.24, 2.45) is 34.5 Å². The van der Waals surface area contributed by atoms with E-state index in [1.807, 2.05) is 13.0 Å². The monoisotopic (exact) mass is 415 g/mol. The van der Waals surface area contributed by atoms with Gasteiger partial charge < -0.3 is 20.1 Å². The third-order valence-corrected chi connectivity index (χ3v) is 10.2. The molecule has 0 saturated heterocycles. The molecule has 6 nitrogen and oxygen atoms in total. The van der Waals surface area contributed by atoms with E-state index >= 15 is 0 Å². The first-order chi connectivity index (χ1) is 14.2. The van der Waals surface area contributed by atoms with Gasteiger partial charge in [0.05, 0.1) is 17.8 Å². The van der Waals surface area contributed by atoms with Crippen LogP contribution in [0.2, 0.25) is 0 Å². The Morgan fingerprint density at radius 1 is 1.10 bits per heavy atom. The van der Waals surface area contributed by atoms with Gasteiger partial charge in [-0.25, -0.2) is 4.79 Å². The number of aliphatic hydroxyl groups excluding tert-OH is 2. The summed E-state index contributed by atoms with van der Waals surface area (Å²) in [6, 6.07) is 1.98. The van der Waals surface area contributed by atoms with Crippen molar-refractivity contribution in [1.29, 1.82) is 5.26 Å². The Morgan fingerprint density at radius 2 is 1.87 bits per heavy atom. The second kappa shape index (κ2) is 6.54. The van der Waals surface area contributed by atoms with E-state index in [0.717, 1.165) is 44.9 Å². The molecule has 4 aliphatic carbocycles. The van der Waals surface area contributed by atoms with Crippen LogP contribution in [0.15, 0.2) is 11.1 Å². The molecule has 4 fully saturated rings. The van der Waals surface area contributed by atoms with Gasteiger partial charge in [0.1, 0.15) is 18.2 Å². The minimum Gasteiger partial charge on any atom is -0.457 e. The molecule has 3 N–H and O–H groups in total. The molecule has 0 radical (unpaired) electrons. The summed E-state index contributed by atoms with van der Waals surface area (Å²) >= 11 is 0. The molecule has 6 heteroatoms. The van der Waals surface area contributed by atoms with Gasteiger partial charge in [-0.2, -0.15) is 5.26 Å². The highest BCUT2D eigenvalue weighted by atomic mass is 16.5. The topological polar surface area (TPSA) is 111 Å². The minimum absolute atomic E-state index is 0.0172. The molecule has 4 saturated carbocycles. The Balaban J connectivity index is 1.53. The maximum Gasteiger partial charge on any atom is 0.349 e. The quantitative estimate of drug-likeness (QED) is 0.568. The number of carbonyl (C=O) groups is 1. The van der Waals surface area contributed by atoms with Crippen molar-refractivity contribution in [1.82, 2.24) is 0 Å². The van der Waals surface area contributed by atoms with E-state index in [1.165, 1.54) is 0 Å². The fourth-order valence-corrected chi connectivity index (χ4v) is 8.64. The number of cyclic esters (lactones) is 1. The van der Waals surface area contributed by atoms with Gasteiger partial charge in [0.25, 0.3) is 0 Å². The van der Waals surface area contributed by atoms with Crippen molar-refractivity contribution in [2.45, 2.75) is 83.0 Å². The van der Waals surface area contributed by atoms with Crippen LogP contribution in [0.1, 0.15) is 65.2 Å². The molecule has 5 aliphatic rings. The average Bonchev–Trinajstić information content (AvgIpc) is 3.15. The molecule has 164 valence electrons. The second-order valence-electron chi connectivity index (χ2n) is 11.1. The Bertz CT molecular complexity index is 847. The van der Waals surface area contributed by atoms with Crippen LogP contribution in [0.3, 0.4) is 0 Å². The number of carbonyl (C=O) groups excluding carboxylic acids is 1. The zero-order valence-electron chi connectivity index (χ0n) is 17.9. The molecule has 0 bridgehead atoms. The van der Waals surface area contributed by atoms with Gasteiger partial charge >= 0.3 is 5.97 Å². The van der Waals surface area contributed by atoms with Gasteiger partial charge in [-0.3, -0.25) is 0 Å². The molecule has 1 heterocycles. The van der Waals surface area contributed by atoms with E-state index < -0.39 is 29.0 Å². The lowest BCUT2D eigenvalue weighted by Gasteiger charge is -2.63. The highest BCUT2D eigenvalue weighted by Crippen LogP contribution is 2.70. The third kappa shape index (κ3) is 2.43. The van der Waals surface area contributed by atoms with Gasteiger partial charge in [0, 0.05) is 17.8 Å². The third-order valence-electron chi connectivity index (χ3n) is 10.2. The van der Waals surface area contributed by atoms with Gasteiger partial charge in [0.15, 0.2) is 0 Å². The number of esters is 1. The number of rotatable bonds is 1. The van der Waals surface area contributed by atoms with Crippen molar-refractivity contribution in [3.8, 4) is 6.07 Å². The number of hydrogen-bond donors (Lipinski definition) is 3. The lowest BCUT2D eigenvalue weighted by molar-refractivity contribution is -0.208. The average molecular weight is 416 g/mol. The molecule has 0 unspecified atom stereocenters. The predicted octanol–water partition coefficient (Wildman–Crippen LogP) is 2.47. The molecular weight excluding hydrogens is 382 g/mol. The Kier molecular flexibility index (Phi) is 4.47. The molecule has 0 aromatic carbocycles. The van der Waals surface area contributed by atoms with Crippen LogP contribution in [0.4, 0.5) is 0 Å². The zero-order chi connectivity index (χ0) is 21.5. The smallest absolute Gasteiger partial charge is 0.349 e. The normalized spacial score (nSPS) is 52.9. The fraction of sp³-hybridized carbons (Fsp3) is 0.833. The van der Waals surface area contributed by atoms with Crippen LogP contribution in [-0.4, -0.2) is 45.7 Å². The molecule has 30 heavy (non-hydrogen) atoms. The number of nitriles is 1. The summed E-state index contributed by atoms with van der Waals surface area (Å²) in [6.45, 7) is 4.45. The number of ether oxygens (including phenoxy) is 1. The van der Waals surface area contributed by atoms with E-state index in [2.05, 4.69) is 6.92 Å². The SMILES string of the molecule is C[C@]12CC[C@H](O)C[C@H]1CC[C@@H]1[C@@H]2CC[C@]2(C)[C@@H](C3=C(C#N)C(=O)OC3)[C@@H](O)C[C@]12O. The number of fused-ring (bicyclic) bond motifs is 5. The summed E-state index contributed by atoms with van der Waals surface area (Å²) in [6.07, 6.45) is 5.61. The first kappa shape index (κ1) is 20.5. The van der Waals surface area contributed by atoms with Crippen molar-refractivity contribution in [3.05, 3.63) is 11.1 Å². The van der Waals surface area contributed by atoms with Crippen molar-refractivity contribution < 1.29 is 24.9 Å². The van der Waals surface area contributed by atoms with Crippen molar-refractivity contribution >= 4 is 5.97 Å². The summed E-state index contributed by atoms with van der Waals surface area (Å²) in [5, 5.41) is 43.0. The number of nitrogens with zero attached hydrogens (tertiary/aromatic N) is 1. The molecule has 0 spiro atoms. The van der Waals surface area contributed by atoms with E-state index in [4.69, 9.17) is 4.74 Å². The molecular formula is C24H33NO5. The molecule has 0 aromatic heterocycles. The minimum atomic E-state index is -1.02. The zero-order valence-corrected chi connectivity index (χ0v) is 17.9. The standard InChI is InChI=1S/C24H33NO5/c1-22-7-5-14(26)9-13(22)3-4-18-17(22)6-8-23(2)20(19(27)10-24(18,23)29)16-12-30-21(28)15(16)11-25/h13-14,17-20,26-27,29H,3-10,12H2,1-2H3/t13-,14+,17+,18-,19+,20+,22+,23-,24+/m1/s1. The number of hydrogen-bond acceptors (Lipinski definition) is 6. The van der Waals surface area contributed by atoms with Crippen LogP contribution in [0, 0.1) is 45.8 Å². The Hall–Kier alpha value is -1.42. The van der Waals surface area contributed by atoms with E-state index in [9.17, 15) is 25.4 Å². The maximum atomic E-state index is 12.2. The van der Waals surface area contributed by atoms with Gasteiger partial charge in [-0.05, 0) is 73.7 Å².